The Hall–Kier alpha value is -1.91. The molecule has 0 aliphatic rings. The van der Waals surface area contributed by atoms with Gasteiger partial charge >= 0.3 is 0 Å². The van der Waals surface area contributed by atoms with Crippen LogP contribution in [0.1, 0.15) is 24.9 Å². The fraction of sp³-hybridized carbons (Fsp3) is 0.312. The van der Waals surface area contributed by atoms with Crippen molar-refractivity contribution in [1.29, 1.82) is 0 Å². The van der Waals surface area contributed by atoms with Gasteiger partial charge in [0.05, 0.1) is 11.9 Å². The van der Waals surface area contributed by atoms with Crippen LogP contribution >= 0.6 is 0 Å². The van der Waals surface area contributed by atoms with Gasteiger partial charge in [0.25, 0.3) is 0 Å². The molecule has 0 aliphatic heterocycles. The maximum atomic E-state index is 5.85. The van der Waals surface area contributed by atoms with E-state index in [1.54, 1.807) is 0 Å². The molecule has 0 amide bonds. The van der Waals surface area contributed by atoms with Crippen LogP contribution in [0.25, 0.3) is 5.69 Å². The predicted molar refractivity (Wildman–Crippen MR) is 82.8 cm³/mol. The van der Waals surface area contributed by atoms with E-state index in [2.05, 4.69) is 22.6 Å². The molecule has 1 atom stereocenters. The monoisotopic (exact) mass is 270 g/mol. The van der Waals surface area contributed by atoms with Crippen LogP contribution < -0.4 is 11.1 Å². The molecule has 3 N–H and O–H groups in total. The molecule has 4 nitrogen and oxygen atoms in total. The number of rotatable bonds is 7. The highest BCUT2D eigenvalue weighted by Gasteiger charge is 2.11. The van der Waals surface area contributed by atoms with E-state index in [1.165, 1.54) is 0 Å². The third-order valence-corrected chi connectivity index (χ3v) is 3.20. The van der Waals surface area contributed by atoms with Crippen molar-refractivity contribution in [2.75, 3.05) is 13.1 Å². The van der Waals surface area contributed by atoms with Crippen LogP contribution in [-0.2, 0) is 0 Å². The average molecular weight is 270 g/mol. The summed E-state index contributed by atoms with van der Waals surface area (Å²) in [4.78, 5) is 0. The Morgan fingerprint density at radius 3 is 2.85 bits per heavy atom. The van der Waals surface area contributed by atoms with Gasteiger partial charge in [-0.15, -0.1) is 0 Å². The van der Waals surface area contributed by atoms with Gasteiger partial charge in [-0.3, -0.25) is 0 Å². The highest BCUT2D eigenvalue weighted by molar-refractivity contribution is 5.31. The smallest absolute Gasteiger partial charge is 0.0645 e. The van der Waals surface area contributed by atoms with Crippen LogP contribution in [0.15, 0.2) is 54.9 Å². The second kappa shape index (κ2) is 7.62. The largest absolute Gasteiger partial charge is 0.329 e. The van der Waals surface area contributed by atoms with Crippen molar-refractivity contribution in [3.05, 3.63) is 60.4 Å². The van der Waals surface area contributed by atoms with Crippen LogP contribution in [0, 0.1) is 0 Å². The van der Waals surface area contributed by atoms with E-state index in [0.717, 1.165) is 24.2 Å². The van der Waals surface area contributed by atoms with E-state index in [-0.39, 0.29) is 6.04 Å². The van der Waals surface area contributed by atoms with Gasteiger partial charge in [-0.1, -0.05) is 30.4 Å². The van der Waals surface area contributed by atoms with E-state index < -0.39 is 0 Å². The van der Waals surface area contributed by atoms with Crippen LogP contribution in [0.5, 0.6) is 0 Å². The minimum atomic E-state index is 0.151. The second-order valence-corrected chi connectivity index (χ2v) is 4.65. The third kappa shape index (κ3) is 3.79. The molecule has 1 heterocycles. The molecule has 1 aromatic heterocycles. The molecular weight excluding hydrogens is 248 g/mol. The normalized spacial score (nSPS) is 12.9. The lowest BCUT2D eigenvalue weighted by molar-refractivity contribution is 0.548. The Kier molecular flexibility index (Phi) is 5.53. The Labute approximate surface area is 120 Å². The molecule has 0 aliphatic carbocycles. The minimum absolute atomic E-state index is 0.151. The van der Waals surface area contributed by atoms with Crippen molar-refractivity contribution >= 4 is 0 Å². The maximum Gasteiger partial charge on any atom is 0.0645 e. The summed E-state index contributed by atoms with van der Waals surface area (Å²) in [5, 5.41) is 7.86. The zero-order valence-electron chi connectivity index (χ0n) is 11.9. The van der Waals surface area contributed by atoms with Crippen LogP contribution in [-0.4, -0.2) is 22.9 Å². The van der Waals surface area contributed by atoms with Gasteiger partial charge in [-0.25, -0.2) is 4.68 Å². The van der Waals surface area contributed by atoms with Gasteiger partial charge < -0.3 is 11.1 Å². The van der Waals surface area contributed by atoms with Gasteiger partial charge in [0.15, 0.2) is 0 Å². The summed E-state index contributed by atoms with van der Waals surface area (Å²) in [6.07, 6.45) is 9.14. The van der Waals surface area contributed by atoms with E-state index in [9.17, 15) is 0 Å². The minimum Gasteiger partial charge on any atom is -0.329 e. The van der Waals surface area contributed by atoms with Crippen molar-refractivity contribution in [3.63, 3.8) is 0 Å². The Morgan fingerprint density at radius 1 is 1.35 bits per heavy atom. The lowest BCUT2D eigenvalue weighted by Gasteiger charge is -2.14. The standard InChI is InChI=1S/C16H22N4/c1-2-3-7-10-18-16(11-17)14-12-19-20(13-14)15-8-5-4-6-9-15/h2-6,8-9,12-13,16,18H,7,10-11,17H2,1H3/b3-2+. The molecule has 1 aromatic carbocycles. The van der Waals surface area contributed by atoms with Crippen molar-refractivity contribution in [3.8, 4) is 5.69 Å². The number of benzene rings is 1. The highest BCUT2D eigenvalue weighted by atomic mass is 15.3. The molecule has 0 saturated heterocycles. The van der Waals surface area contributed by atoms with E-state index >= 15 is 0 Å². The SMILES string of the molecule is C/C=C/CCNC(CN)c1cnn(-c2ccccc2)c1. The summed E-state index contributed by atoms with van der Waals surface area (Å²) in [7, 11) is 0. The van der Waals surface area contributed by atoms with E-state index in [1.807, 2.05) is 54.3 Å². The number of allylic oxidation sites excluding steroid dienone is 1. The summed E-state index contributed by atoms with van der Waals surface area (Å²) < 4.78 is 1.88. The van der Waals surface area contributed by atoms with Crippen LogP contribution in [0.4, 0.5) is 0 Å². The molecular formula is C16H22N4. The lowest BCUT2D eigenvalue weighted by Crippen LogP contribution is -2.28. The fourth-order valence-electron chi connectivity index (χ4n) is 2.08. The summed E-state index contributed by atoms with van der Waals surface area (Å²) >= 11 is 0. The third-order valence-electron chi connectivity index (χ3n) is 3.20. The van der Waals surface area contributed by atoms with Crippen molar-refractivity contribution in [2.24, 2.45) is 5.73 Å². The van der Waals surface area contributed by atoms with Gasteiger partial charge in [-0.2, -0.15) is 5.10 Å². The van der Waals surface area contributed by atoms with E-state index in [0.29, 0.717) is 6.54 Å². The molecule has 1 unspecified atom stereocenters. The Balaban J connectivity index is 2.02. The average Bonchev–Trinajstić information content (AvgIpc) is 2.98. The number of para-hydroxylation sites is 1. The predicted octanol–water partition coefficient (Wildman–Crippen LogP) is 2.43. The zero-order chi connectivity index (χ0) is 14.2. The quantitative estimate of drug-likeness (QED) is 0.600. The highest BCUT2D eigenvalue weighted by Crippen LogP contribution is 2.14. The fourth-order valence-corrected chi connectivity index (χ4v) is 2.08. The Bertz CT molecular complexity index is 530. The first-order valence-electron chi connectivity index (χ1n) is 6.99. The number of hydrogen-bond donors (Lipinski definition) is 2. The second-order valence-electron chi connectivity index (χ2n) is 4.65. The van der Waals surface area contributed by atoms with Crippen molar-refractivity contribution in [2.45, 2.75) is 19.4 Å². The molecule has 2 rings (SSSR count). The first kappa shape index (κ1) is 14.5. The lowest BCUT2D eigenvalue weighted by atomic mass is 10.1. The summed E-state index contributed by atoms with van der Waals surface area (Å²) in [6, 6.07) is 10.2. The first-order chi connectivity index (χ1) is 9.85. The van der Waals surface area contributed by atoms with Crippen molar-refractivity contribution in [1.82, 2.24) is 15.1 Å². The topological polar surface area (TPSA) is 55.9 Å². The van der Waals surface area contributed by atoms with Gasteiger partial charge in [0.2, 0.25) is 0 Å². The molecule has 106 valence electrons. The Morgan fingerprint density at radius 2 is 2.15 bits per heavy atom. The van der Waals surface area contributed by atoms with Gasteiger partial charge in [-0.05, 0) is 32.0 Å². The molecule has 0 fully saturated rings. The van der Waals surface area contributed by atoms with Crippen LogP contribution in [0.2, 0.25) is 0 Å². The van der Waals surface area contributed by atoms with Gasteiger partial charge in [0.1, 0.15) is 0 Å². The molecule has 0 spiro atoms. The van der Waals surface area contributed by atoms with Gasteiger partial charge in [0, 0.05) is 24.3 Å². The molecule has 0 radical (unpaired) electrons. The number of aromatic nitrogens is 2. The number of hydrogen-bond acceptors (Lipinski definition) is 3. The first-order valence-corrected chi connectivity index (χ1v) is 6.99. The molecule has 4 heteroatoms. The zero-order valence-corrected chi connectivity index (χ0v) is 11.9. The molecule has 20 heavy (non-hydrogen) atoms. The number of nitrogens with two attached hydrogens (primary N) is 1. The molecule has 0 bridgehead atoms. The molecule has 0 saturated carbocycles. The van der Waals surface area contributed by atoms with E-state index in [4.69, 9.17) is 5.73 Å². The number of nitrogens with zero attached hydrogens (tertiary/aromatic N) is 2. The summed E-state index contributed by atoms with van der Waals surface area (Å²) in [6.45, 7) is 3.52. The summed E-state index contributed by atoms with van der Waals surface area (Å²) in [5.74, 6) is 0. The molecule has 2 aromatic rings. The van der Waals surface area contributed by atoms with Crippen molar-refractivity contribution < 1.29 is 0 Å². The summed E-state index contributed by atoms with van der Waals surface area (Å²) in [5.41, 5.74) is 8.03. The number of nitrogens with one attached hydrogen (secondary N) is 1. The maximum absolute atomic E-state index is 5.85. The van der Waals surface area contributed by atoms with Crippen LogP contribution in [0.3, 0.4) is 0 Å².